The Bertz CT molecular complexity index is 581. The highest BCUT2D eigenvalue weighted by molar-refractivity contribution is 5.33. The lowest BCUT2D eigenvalue weighted by Crippen LogP contribution is -2.13. The van der Waals surface area contributed by atoms with Crippen LogP contribution < -0.4 is 10.1 Å². The molecule has 0 saturated carbocycles. The summed E-state index contributed by atoms with van der Waals surface area (Å²) in [6.07, 6.45) is 4.42. The van der Waals surface area contributed by atoms with Crippen LogP contribution in [0.3, 0.4) is 0 Å². The molecule has 21 heavy (non-hydrogen) atoms. The molecule has 1 aromatic heterocycles. The lowest BCUT2D eigenvalue weighted by Gasteiger charge is -2.08. The van der Waals surface area contributed by atoms with Gasteiger partial charge in [-0.15, -0.1) is 0 Å². The maximum Gasteiger partial charge on any atom is 0.166 e. The van der Waals surface area contributed by atoms with E-state index in [1.54, 1.807) is 23.1 Å². The Morgan fingerprint density at radius 1 is 1.38 bits per heavy atom. The van der Waals surface area contributed by atoms with Crippen LogP contribution in [0.1, 0.15) is 38.8 Å². The van der Waals surface area contributed by atoms with Gasteiger partial charge in [-0.05, 0) is 44.5 Å². The number of halogens is 1. The monoisotopic (exact) mass is 291 g/mol. The summed E-state index contributed by atoms with van der Waals surface area (Å²) in [6, 6.07) is 5.28. The van der Waals surface area contributed by atoms with Crippen molar-refractivity contribution in [3.05, 3.63) is 42.0 Å². The Kier molecular flexibility index (Phi) is 5.33. The van der Waals surface area contributed by atoms with Crippen molar-refractivity contribution in [2.45, 2.75) is 39.8 Å². The first-order valence-corrected chi connectivity index (χ1v) is 7.31. The molecule has 0 bridgehead atoms. The van der Waals surface area contributed by atoms with Gasteiger partial charge in [0.25, 0.3) is 0 Å². The zero-order valence-corrected chi connectivity index (χ0v) is 12.8. The van der Waals surface area contributed by atoms with E-state index in [0.717, 1.165) is 18.5 Å². The Balaban J connectivity index is 2.02. The largest absolute Gasteiger partial charge is 0.451 e. The molecule has 0 atom stereocenters. The summed E-state index contributed by atoms with van der Waals surface area (Å²) in [6.45, 7) is 7.73. The van der Waals surface area contributed by atoms with Gasteiger partial charge in [0.15, 0.2) is 17.3 Å². The number of rotatable bonds is 7. The molecule has 1 N–H and O–H groups in total. The van der Waals surface area contributed by atoms with E-state index in [9.17, 15) is 4.39 Å². The molecule has 0 radical (unpaired) electrons. The third-order valence-electron chi connectivity index (χ3n) is 3.09. The zero-order chi connectivity index (χ0) is 15.2. The molecule has 1 heterocycles. The molecule has 114 valence electrons. The van der Waals surface area contributed by atoms with E-state index in [0.29, 0.717) is 12.3 Å². The van der Waals surface area contributed by atoms with Gasteiger partial charge in [-0.2, -0.15) is 5.10 Å². The fourth-order valence-electron chi connectivity index (χ4n) is 1.93. The van der Waals surface area contributed by atoms with Gasteiger partial charge in [-0.25, -0.2) is 4.39 Å². The van der Waals surface area contributed by atoms with Gasteiger partial charge < -0.3 is 10.1 Å². The van der Waals surface area contributed by atoms with Crippen molar-refractivity contribution in [3.8, 4) is 11.5 Å². The predicted molar refractivity (Wildman–Crippen MR) is 81.1 cm³/mol. The van der Waals surface area contributed by atoms with Crippen molar-refractivity contribution in [2.75, 3.05) is 6.54 Å². The average Bonchev–Trinajstić information content (AvgIpc) is 2.91. The molecule has 0 aliphatic carbocycles. The summed E-state index contributed by atoms with van der Waals surface area (Å²) in [4.78, 5) is 0. The van der Waals surface area contributed by atoms with E-state index in [-0.39, 0.29) is 17.6 Å². The van der Waals surface area contributed by atoms with Crippen LogP contribution in [0, 0.1) is 5.82 Å². The van der Waals surface area contributed by atoms with Crippen LogP contribution in [0.15, 0.2) is 30.6 Å². The van der Waals surface area contributed by atoms with E-state index >= 15 is 0 Å². The standard InChI is InChI=1S/C16H22FN3O/c1-4-7-18-9-13-5-6-16(15(17)8-13)21-14-10-19-20(11-14)12(2)3/h5-6,8,10-12,18H,4,7,9H2,1-3H3. The van der Waals surface area contributed by atoms with Crippen LogP contribution in [0.5, 0.6) is 11.5 Å². The van der Waals surface area contributed by atoms with Crippen molar-refractivity contribution < 1.29 is 9.13 Å². The zero-order valence-electron chi connectivity index (χ0n) is 12.8. The molecule has 2 aromatic rings. The van der Waals surface area contributed by atoms with Crippen LogP contribution in [0.25, 0.3) is 0 Å². The van der Waals surface area contributed by atoms with Gasteiger partial charge in [0.2, 0.25) is 0 Å². The fraction of sp³-hybridized carbons (Fsp3) is 0.438. The van der Waals surface area contributed by atoms with Gasteiger partial charge >= 0.3 is 0 Å². The Hall–Kier alpha value is -1.88. The predicted octanol–water partition coefficient (Wildman–Crippen LogP) is 3.90. The van der Waals surface area contributed by atoms with E-state index in [4.69, 9.17) is 4.74 Å². The normalized spacial score (nSPS) is 11.1. The Labute approximate surface area is 124 Å². The summed E-state index contributed by atoms with van der Waals surface area (Å²) in [7, 11) is 0. The number of nitrogens with one attached hydrogen (secondary N) is 1. The molecule has 0 unspecified atom stereocenters. The van der Waals surface area contributed by atoms with Gasteiger partial charge in [-0.3, -0.25) is 4.68 Å². The van der Waals surface area contributed by atoms with Crippen LogP contribution in [-0.4, -0.2) is 16.3 Å². The lowest BCUT2D eigenvalue weighted by atomic mass is 10.2. The van der Waals surface area contributed by atoms with Crippen LogP contribution in [0.2, 0.25) is 0 Å². The molecule has 0 fully saturated rings. The SMILES string of the molecule is CCCNCc1ccc(Oc2cnn(C(C)C)c2)c(F)c1. The first-order valence-electron chi connectivity index (χ1n) is 7.31. The topological polar surface area (TPSA) is 39.1 Å². The van der Waals surface area contributed by atoms with Gasteiger partial charge in [0.1, 0.15) is 0 Å². The number of nitrogens with zero attached hydrogens (tertiary/aromatic N) is 2. The minimum absolute atomic E-state index is 0.220. The highest BCUT2D eigenvalue weighted by Gasteiger charge is 2.08. The van der Waals surface area contributed by atoms with Crippen LogP contribution in [0.4, 0.5) is 4.39 Å². The summed E-state index contributed by atoms with van der Waals surface area (Å²) >= 11 is 0. The summed E-state index contributed by atoms with van der Waals surface area (Å²) in [5.74, 6) is 0.403. The van der Waals surface area contributed by atoms with Crippen LogP contribution in [-0.2, 0) is 6.54 Å². The first kappa shape index (κ1) is 15.5. The quantitative estimate of drug-likeness (QED) is 0.786. The third kappa shape index (κ3) is 4.29. The van der Waals surface area contributed by atoms with E-state index in [2.05, 4.69) is 17.3 Å². The molecule has 4 nitrogen and oxygen atoms in total. The number of ether oxygens (including phenoxy) is 1. The number of benzene rings is 1. The molecule has 5 heteroatoms. The maximum absolute atomic E-state index is 14.0. The van der Waals surface area contributed by atoms with Crippen molar-refractivity contribution in [2.24, 2.45) is 0 Å². The van der Waals surface area contributed by atoms with E-state index in [1.807, 2.05) is 19.9 Å². The van der Waals surface area contributed by atoms with Crippen molar-refractivity contribution >= 4 is 0 Å². The first-order chi connectivity index (χ1) is 10.1. The fourth-order valence-corrected chi connectivity index (χ4v) is 1.93. The molecular formula is C16H22FN3O. The van der Waals surface area contributed by atoms with Crippen molar-refractivity contribution in [1.29, 1.82) is 0 Å². The van der Waals surface area contributed by atoms with Crippen molar-refractivity contribution in [1.82, 2.24) is 15.1 Å². The van der Waals surface area contributed by atoms with E-state index in [1.165, 1.54) is 6.07 Å². The second kappa shape index (κ2) is 7.22. The lowest BCUT2D eigenvalue weighted by molar-refractivity contribution is 0.439. The second-order valence-corrected chi connectivity index (χ2v) is 5.29. The smallest absolute Gasteiger partial charge is 0.166 e. The summed E-state index contributed by atoms with van der Waals surface area (Å²) in [5.41, 5.74) is 0.908. The Morgan fingerprint density at radius 3 is 2.81 bits per heavy atom. The maximum atomic E-state index is 14.0. The summed E-state index contributed by atoms with van der Waals surface area (Å²) < 4.78 is 21.3. The molecular weight excluding hydrogens is 269 g/mol. The van der Waals surface area contributed by atoms with Gasteiger partial charge in [0.05, 0.1) is 12.4 Å². The molecule has 2 rings (SSSR count). The minimum atomic E-state index is -0.358. The Morgan fingerprint density at radius 2 is 2.19 bits per heavy atom. The number of aromatic nitrogens is 2. The highest BCUT2D eigenvalue weighted by atomic mass is 19.1. The van der Waals surface area contributed by atoms with Gasteiger partial charge in [0, 0.05) is 12.6 Å². The number of hydrogen-bond donors (Lipinski definition) is 1. The van der Waals surface area contributed by atoms with Crippen molar-refractivity contribution in [3.63, 3.8) is 0 Å². The molecule has 0 amide bonds. The minimum Gasteiger partial charge on any atom is -0.451 e. The second-order valence-electron chi connectivity index (χ2n) is 5.29. The third-order valence-corrected chi connectivity index (χ3v) is 3.09. The highest BCUT2D eigenvalue weighted by Crippen LogP contribution is 2.25. The molecule has 0 saturated heterocycles. The molecule has 1 aromatic carbocycles. The van der Waals surface area contributed by atoms with Gasteiger partial charge in [-0.1, -0.05) is 13.0 Å². The summed E-state index contributed by atoms with van der Waals surface area (Å²) in [5, 5.41) is 7.41. The van der Waals surface area contributed by atoms with E-state index < -0.39 is 0 Å². The average molecular weight is 291 g/mol. The molecule has 0 aliphatic heterocycles. The molecule has 0 aliphatic rings. The van der Waals surface area contributed by atoms with Crippen LogP contribution >= 0.6 is 0 Å². The molecule has 0 spiro atoms. The number of hydrogen-bond acceptors (Lipinski definition) is 3.